The van der Waals surface area contributed by atoms with Crippen molar-refractivity contribution < 1.29 is 14.6 Å². The molecule has 0 fully saturated rings. The van der Waals surface area contributed by atoms with Gasteiger partial charge in [-0.1, -0.05) is 29.8 Å². The van der Waals surface area contributed by atoms with Crippen LogP contribution in [0.25, 0.3) is 11.1 Å². The Morgan fingerprint density at radius 3 is 2.83 bits per heavy atom. The molecule has 0 amide bonds. The number of hydrogen-bond donors (Lipinski definition) is 2. The lowest BCUT2D eigenvalue weighted by Gasteiger charge is -2.06. The smallest absolute Gasteiger partial charge is 0.354 e. The van der Waals surface area contributed by atoms with Crippen molar-refractivity contribution in [3.63, 3.8) is 0 Å². The summed E-state index contributed by atoms with van der Waals surface area (Å²) in [6.07, 6.45) is 0. The van der Waals surface area contributed by atoms with Crippen LogP contribution in [0.2, 0.25) is 5.02 Å². The van der Waals surface area contributed by atoms with Crippen LogP contribution in [-0.2, 0) is 0 Å². The number of aromatic carboxylic acids is 1. The molecule has 2 aromatic rings. The lowest BCUT2D eigenvalue weighted by Crippen LogP contribution is -2.00. The van der Waals surface area contributed by atoms with Gasteiger partial charge in [0.05, 0.1) is 12.2 Å². The van der Waals surface area contributed by atoms with E-state index < -0.39 is 5.97 Å². The number of nitrogens with one attached hydrogen (secondary N) is 1. The van der Waals surface area contributed by atoms with Crippen LogP contribution in [0.15, 0.2) is 24.3 Å². The monoisotopic (exact) mass is 266 g/mol. The third-order valence-corrected chi connectivity index (χ3v) is 2.70. The number of aromatic nitrogens is 2. The molecule has 5 nitrogen and oxygen atoms in total. The van der Waals surface area contributed by atoms with Crippen molar-refractivity contribution in [2.75, 3.05) is 6.61 Å². The lowest BCUT2D eigenvalue weighted by atomic mass is 10.1. The molecule has 2 rings (SSSR count). The van der Waals surface area contributed by atoms with Gasteiger partial charge in [0.25, 0.3) is 0 Å². The van der Waals surface area contributed by atoms with E-state index in [2.05, 4.69) is 10.2 Å². The van der Waals surface area contributed by atoms with Crippen molar-refractivity contribution in [2.45, 2.75) is 6.92 Å². The van der Waals surface area contributed by atoms with Crippen LogP contribution in [-0.4, -0.2) is 27.9 Å². The Labute approximate surface area is 108 Å². The van der Waals surface area contributed by atoms with E-state index in [1.165, 1.54) is 0 Å². The predicted octanol–water partition coefficient (Wildman–Crippen LogP) is 2.83. The van der Waals surface area contributed by atoms with Crippen LogP contribution in [0.5, 0.6) is 5.88 Å². The summed E-state index contributed by atoms with van der Waals surface area (Å²) in [6.45, 7) is 2.19. The van der Waals surface area contributed by atoms with E-state index in [1.807, 2.05) is 0 Å². The Morgan fingerprint density at radius 1 is 1.50 bits per heavy atom. The Bertz CT molecular complexity index is 580. The molecule has 0 spiro atoms. The molecule has 1 heterocycles. The van der Waals surface area contributed by atoms with Gasteiger partial charge < -0.3 is 9.84 Å². The second-order valence-electron chi connectivity index (χ2n) is 3.50. The SMILES string of the molecule is CCOc1n[nH]c(C(=O)O)c1-c1ccccc1Cl. The molecule has 0 saturated carbocycles. The van der Waals surface area contributed by atoms with Crippen LogP contribution >= 0.6 is 11.6 Å². The molecule has 94 valence electrons. The van der Waals surface area contributed by atoms with Gasteiger partial charge in [-0.2, -0.15) is 0 Å². The Kier molecular flexibility index (Phi) is 3.53. The molecule has 0 aliphatic rings. The number of halogens is 1. The van der Waals surface area contributed by atoms with Crippen LogP contribution in [0.3, 0.4) is 0 Å². The molecule has 0 bridgehead atoms. The standard InChI is InChI=1S/C12H11ClN2O3/c1-2-18-11-9(10(12(16)17)14-15-11)7-5-3-4-6-8(7)13/h3-6H,2H2,1H3,(H,14,15)(H,16,17). The van der Waals surface area contributed by atoms with E-state index in [0.29, 0.717) is 22.8 Å². The summed E-state index contributed by atoms with van der Waals surface area (Å²) in [5.41, 5.74) is 0.912. The number of carboxylic acid groups (broad SMARTS) is 1. The Balaban J connectivity index is 2.63. The highest BCUT2D eigenvalue weighted by atomic mass is 35.5. The minimum absolute atomic E-state index is 0.0356. The minimum atomic E-state index is -1.11. The largest absolute Gasteiger partial charge is 0.477 e. The van der Waals surface area contributed by atoms with Crippen LogP contribution < -0.4 is 4.74 Å². The van der Waals surface area contributed by atoms with Crippen molar-refractivity contribution in [3.8, 4) is 17.0 Å². The first-order chi connectivity index (χ1) is 8.65. The van der Waals surface area contributed by atoms with Crippen LogP contribution in [0.4, 0.5) is 0 Å². The second-order valence-corrected chi connectivity index (χ2v) is 3.90. The normalized spacial score (nSPS) is 10.3. The molecule has 0 atom stereocenters. The summed E-state index contributed by atoms with van der Waals surface area (Å²) in [5, 5.41) is 15.9. The van der Waals surface area contributed by atoms with E-state index >= 15 is 0 Å². The first-order valence-corrected chi connectivity index (χ1v) is 5.72. The maximum absolute atomic E-state index is 11.2. The van der Waals surface area contributed by atoms with E-state index in [9.17, 15) is 4.79 Å². The zero-order chi connectivity index (χ0) is 13.1. The Morgan fingerprint density at radius 2 is 2.22 bits per heavy atom. The quantitative estimate of drug-likeness (QED) is 0.892. The summed E-state index contributed by atoms with van der Waals surface area (Å²) >= 11 is 6.07. The average molecular weight is 267 g/mol. The maximum Gasteiger partial charge on any atom is 0.354 e. The fraction of sp³-hybridized carbons (Fsp3) is 0.167. The summed E-state index contributed by atoms with van der Waals surface area (Å²) in [4.78, 5) is 11.2. The average Bonchev–Trinajstić information content (AvgIpc) is 2.74. The molecule has 0 radical (unpaired) electrons. The molecule has 0 saturated heterocycles. The molecule has 1 aromatic heterocycles. The maximum atomic E-state index is 11.2. The lowest BCUT2D eigenvalue weighted by molar-refractivity contribution is 0.0691. The zero-order valence-electron chi connectivity index (χ0n) is 9.61. The van der Waals surface area contributed by atoms with Gasteiger partial charge in [-0.25, -0.2) is 4.79 Å². The van der Waals surface area contributed by atoms with Gasteiger partial charge in [0.2, 0.25) is 5.88 Å². The fourth-order valence-electron chi connectivity index (χ4n) is 1.64. The number of nitrogens with zero attached hydrogens (tertiary/aromatic N) is 1. The molecule has 2 N–H and O–H groups in total. The van der Waals surface area contributed by atoms with Crippen molar-refractivity contribution >= 4 is 17.6 Å². The highest BCUT2D eigenvalue weighted by Crippen LogP contribution is 2.36. The molecule has 18 heavy (non-hydrogen) atoms. The summed E-state index contributed by atoms with van der Waals surface area (Å²) < 4.78 is 5.31. The summed E-state index contributed by atoms with van der Waals surface area (Å²) in [7, 11) is 0. The van der Waals surface area contributed by atoms with E-state index in [1.54, 1.807) is 31.2 Å². The van der Waals surface area contributed by atoms with Gasteiger partial charge >= 0.3 is 5.97 Å². The highest BCUT2D eigenvalue weighted by molar-refractivity contribution is 6.33. The predicted molar refractivity (Wildman–Crippen MR) is 67.2 cm³/mol. The molecule has 0 aliphatic heterocycles. The van der Waals surface area contributed by atoms with Gasteiger partial charge in [0.1, 0.15) is 0 Å². The van der Waals surface area contributed by atoms with Gasteiger partial charge in [-0.3, -0.25) is 5.10 Å². The highest BCUT2D eigenvalue weighted by Gasteiger charge is 2.22. The number of H-pyrrole nitrogens is 1. The zero-order valence-corrected chi connectivity index (χ0v) is 10.4. The number of carbonyl (C=O) groups is 1. The van der Waals surface area contributed by atoms with Gasteiger partial charge in [-0.15, -0.1) is 5.10 Å². The fourth-order valence-corrected chi connectivity index (χ4v) is 1.87. The number of hydrogen-bond acceptors (Lipinski definition) is 3. The summed E-state index contributed by atoms with van der Waals surface area (Å²) in [5.74, 6) is -0.869. The van der Waals surface area contributed by atoms with Crippen LogP contribution in [0.1, 0.15) is 17.4 Å². The number of ether oxygens (including phenoxy) is 1. The second kappa shape index (κ2) is 5.10. The van der Waals surface area contributed by atoms with Gasteiger partial charge in [-0.05, 0) is 13.0 Å². The van der Waals surface area contributed by atoms with Gasteiger partial charge in [0, 0.05) is 10.6 Å². The van der Waals surface area contributed by atoms with E-state index in [4.69, 9.17) is 21.4 Å². The third kappa shape index (κ3) is 2.17. The van der Waals surface area contributed by atoms with Crippen molar-refractivity contribution in [2.24, 2.45) is 0 Å². The molecule has 0 unspecified atom stereocenters. The number of carboxylic acids is 1. The molecule has 0 aliphatic carbocycles. The third-order valence-electron chi connectivity index (χ3n) is 2.37. The van der Waals surface area contributed by atoms with E-state index in [0.717, 1.165) is 0 Å². The first kappa shape index (κ1) is 12.4. The molecular weight excluding hydrogens is 256 g/mol. The number of benzene rings is 1. The van der Waals surface area contributed by atoms with Crippen LogP contribution in [0, 0.1) is 0 Å². The topological polar surface area (TPSA) is 75.2 Å². The molecule has 1 aromatic carbocycles. The number of aromatic amines is 1. The van der Waals surface area contributed by atoms with Gasteiger partial charge in [0.15, 0.2) is 5.69 Å². The Hall–Kier alpha value is -2.01. The van der Waals surface area contributed by atoms with E-state index in [-0.39, 0.29) is 11.6 Å². The molecule has 6 heteroatoms. The molecular formula is C12H11ClN2O3. The minimum Gasteiger partial charge on any atom is -0.477 e. The van der Waals surface area contributed by atoms with Crippen molar-refractivity contribution in [1.29, 1.82) is 0 Å². The first-order valence-electron chi connectivity index (χ1n) is 5.34. The van der Waals surface area contributed by atoms with Crippen molar-refractivity contribution in [3.05, 3.63) is 35.0 Å². The van der Waals surface area contributed by atoms with Crippen molar-refractivity contribution in [1.82, 2.24) is 10.2 Å². The number of rotatable bonds is 4. The summed E-state index contributed by atoms with van der Waals surface area (Å²) in [6, 6.07) is 6.95.